The van der Waals surface area contributed by atoms with Gasteiger partial charge in [0.25, 0.3) is 0 Å². The molecule has 7 heteroatoms. The van der Waals surface area contributed by atoms with Crippen molar-refractivity contribution < 1.29 is 18.3 Å². The number of likely N-dealkylation sites (N-methyl/N-ethyl adjacent to an activating group) is 1. The maximum atomic E-state index is 11.8. The summed E-state index contributed by atoms with van der Waals surface area (Å²) in [4.78, 5) is 15.9. The molecule has 1 unspecified atom stereocenters. The molecule has 19 heavy (non-hydrogen) atoms. The average molecular weight is 290 g/mol. The fourth-order valence-corrected chi connectivity index (χ4v) is 4.47. The lowest BCUT2D eigenvalue weighted by Gasteiger charge is -2.44. The number of sulfone groups is 1. The molecular weight excluding hydrogens is 268 g/mol. The van der Waals surface area contributed by atoms with Crippen LogP contribution in [-0.2, 0) is 14.6 Å². The molecular formula is C12H22N2O4S. The van der Waals surface area contributed by atoms with Gasteiger partial charge in [-0.1, -0.05) is 0 Å². The number of aliphatic carboxylic acids is 1. The van der Waals surface area contributed by atoms with Crippen LogP contribution in [-0.4, -0.2) is 79.6 Å². The van der Waals surface area contributed by atoms with Crippen molar-refractivity contribution in [1.29, 1.82) is 0 Å². The Morgan fingerprint density at radius 1 is 1.11 bits per heavy atom. The minimum absolute atomic E-state index is 0.00829. The molecule has 0 radical (unpaired) electrons. The molecule has 6 nitrogen and oxygen atoms in total. The van der Waals surface area contributed by atoms with Crippen molar-refractivity contribution >= 4 is 15.8 Å². The predicted octanol–water partition coefficient (Wildman–Crippen LogP) is -0.344. The molecule has 2 aliphatic heterocycles. The fraction of sp³-hybridized carbons (Fsp3) is 0.917. The van der Waals surface area contributed by atoms with Gasteiger partial charge >= 0.3 is 5.97 Å². The lowest BCUT2D eigenvalue weighted by molar-refractivity contribution is -0.154. The van der Waals surface area contributed by atoms with E-state index in [-0.39, 0.29) is 17.9 Å². The maximum Gasteiger partial charge on any atom is 0.324 e. The van der Waals surface area contributed by atoms with Gasteiger partial charge in [-0.15, -0.1) is 0 Å². The molecule has 2 rings (SSSR count). The zero-order valence-corrected chi connectivity index (χ0v) is 12.2. The smallest absolute Gasteiger partial charge is 0.324 e. The molecule has 0 aromatic heterocycles. The Morgan fingerprint density at radius 2 is 1.74 bits per heavy atom. The molecule has 2 aliphatic rings. The second-order valence-corrected chi connectivity index (χ2v) is 7.94. The van der Waals surface area contributed by atoms with Crippen LogP contribution >= 0.6 is 0 Å². The molecule has 0 aliphatic carbocycles. The lowest BCUT2D eigenvalue weighted by Crippen LogP contribution is -2.60. The van der Waals surface area contributed by atoms with E-state index < -0.39 is 21.3 Å². The summed E-state index contributed by atoms with van der Waals surface area (Å²) in [6.07, 6.45) is 1.10. The maximum absolute atomic E-state index is 11.8. The van der Waals surface area contributed by atoms with Gasteiger partial charge in [-0.2, -0.15) is 0 Å². The Kier molecular flexibility index (Phi) is 4.17. The molecule has 0 aromatic carbocycles. The van der Waals surface area contributed by atoms with Gasteiger partial charge in [0.2, 0.25) is 0 Å². The Morgan fingerprint density at radius 3 is 2.32 bits per heavy atom. The van der Waals surface area contributed by atoms with E-state index in [4.69, 9.17) is 0 Å². The third kappa shape index (κ3) is 3.09. The van der Waals surface area contributed by atoms with Crippen molar-refractivity contribution in [3.05, 3.63) is 0 Å². The molecule has 1 atom stereocenters. The molecule has 110 valence electrons. The first kappa shape index (κ1) is 14.7. The Balaban J connectivity index is 2.20. The Labute approximate surface area is 114 Å². The number of nitrogens with zero attached hydrogens (tertiary/aromatic N) is 2. The molecule has 2 saturated heterocycles. The van der Waals surface area contributed by atoms with Crippen LogP contribution < -0.4 is 0 Å². The summed E-state index contributed by atoms with van der Waals surface area (Å²) >= 11 is 0. The number of hydrogen-bond acceptors (Lipinski definition) is 5. The molecule has 2 heterocycles. The summed E-state index contributed by atoms with van der Waals surface area (Å²) in [6.45, 7) is 3.06. The SMILES string of the molecule is CN1CCN(C2(C(=O)O)CCCS(=O)(=O)CC2)CC1. The minimum Gasteiger partial charge on any atom is -0.480 e. The summed E-state index contributed by atoms with van der Waals surface area (Å²) < 4.78 is 23.4. The van der Waals surface area contributed by atoms with Gasteiger partial charge in [-0.3, -0.25) is 9.69 Å². The normalized spacial score (nSPS) is 33.7. The molecule has 2 fully saturated rings. The van der Waals surface area contributed by atoms with E-state index in [0.717, 1.165) is 13.1 Å². The van der Waals surface area contributed by atoms with Gasteiger partial charge in [0.05, 0.1) is 11.5 Å². The van der Waals surface area contributed by atoms with Crippen molar-refractivity contribution in [2.75, 3.05) is 44.7 Å². The molecule has 0 spiro atoms. The van der Waals surface area contributed by atoms with Gasteiger partial charge in [0, 0.05) is 26.2 Å². The van der Waals surface area contributed by atoms with Gasteiger partial charge in [0.1, 0.15) is 15.4 Å². The summed E-state index contributed by atoms with van der Waals surface area (Å²) in [5, 5.41) is 9.65. The monoisotopic (exact) mass is 290 g/mol. The first-order valence-corrected chi connectivity index (χ1v) is 8.55. The van der Waals surface area contributed by atoms with Crippen LogP contribution in [0, 0.1) is 0 Å². The topological polar surface area (TPSA) is 77.9 Å². The second-order valence-electron chi connectivity index (χ2n) is 5.63. The van der Waals surface area contributed by atoms with Crippen molar-refractivity contribution in [3.63, 3.8) is 0 Å². The summed E-state index contributed by atoms with van der Waals surface area (Å²) in [5.74, 6) is -0.754. The summed E-state index contributed by atoms with van der Waals surface area (Å²) in [5.41, 5.74) is -0.981. The average Bonchev–Trinajstić information content (AvgIpc) is 2.50. The van der Waals surface area contributed by atoms with Crippen LogP contribution in [0.1, 0.15) is 19.3 Å². The van der Waals surface area contributed by atoms with Crippen molar-refractivity contribution in [3.8, 4) is 0 Å². The highest BCUT2D eigenvalue weighted by molar-refractivity contribution is 7.91. The second kappa shape index (κ2) is 5.38. The molecule has 0 amide bonds. The van der Waals surface area contributed by atoms with Crippen molar-refractivity contribution in [2.24, 2.45) is 0 Å². The summed E-state index contributed by atoms with van der Waals surface area (Å²) in [7, 11) is -1.06. The van der Waals surface area contributed by atoms with Gasteiger partial charge in [0.15, 0.2) is 0 Å². The number of rotatable bonds is 2. The number of hydrogen-bond donors (Lipinski definition) is 1. The van der Waals surface area contributed by atoms with E-state index in [1.807, 2.05) is 11.9 Å². The molecule has 0 saturated carbocycles. The third-order valence-corrected chi connectivity index (χ3v) is 6.12. The van der Waals surface area contributed by atoms with Crippen molar-refractivity contribution in [1.82, 2.24) is 9.80 Å². The third-order valence-electron chi connectivity index (χ3n) is 4.38. The van der Waals surface area contributed by atoms with Crippen LogP contribution in [0.25, 0.3) is 0 Å². The molecule has 0 bridgehead atoms. The Hall–Kier alpha value is -0.660. The molecule has 1 N–H and O–H groups in total. The number of piperazine rings is 1. The van der Waals surface area contributed by atoms with E-state index in [2.05, 4.69) is 4.90 Å². The highest BCUT2D eigenvalue weighted by Gasteiger charge is 2.46. The first-order chi connectivity index (χ1) is 8.86. The van der Waals surface area contributed by atoms with Crippen molar-refractivity contribution in [2.45, 2.75) is 24.8 Å². The van der Waals surface area contributed by atoms with Crippen LogP contribution in [0.3, 0.4) is 0 Å². The lowest BCUT2D eigenvalue weighted by atomic mass is 9.88. The van der Waals surface area contributed by atoms with Crippen LogP contribution in [0.2, 0.25) is 0 Å². The van der Waals surface area contributed by atoms with E-state index in [1.165, 1.54) is 0 Å². The number of carboxylic acid groups (broad SMARTS) is 1. The quantitative estimate of drug-likeness (QED) is 0.749. The van der Waals surface area contributed by atoms with Gasteiger partial charge < -0.3 is 10.0 Å². The predicted molar refractivity (Wildman–Crippen MR) is 71.9 cm³/mol. The number of carboxylic acids is 1. The van der Waals surface area contributed by atoms with Crippen LogP contribution in [0.4, 0.5) is 0 Å². The largest absolute Gasteiger partial charge is 0.480 e. The zero-order valence-electron chi connectivity index (χ0n) is 11.3. The van der Waals surface area contributed by atoms with Crippen LogP contribution in [0.5, 0.6) is 0 Å². The van der Waals surface area contributed by atoms with E-state index >= 15 is 0 Å². The first-order valence-electron chi connectivity index (χ1n) is 6.73. The fourth-order valence-electron chi connectivity index (χ4n) is 3.04. The number of carbonyl (C=O) groups is 1. The standard InChI is InChI=1S/C12H22N2O4S/c1-13-5-7-14(8-6-13)12(11(15)16)3-2-9-19(17,18)10-4-12/h2-10H2,1H3,(H,15,16). The minimum atomic E-state index is -3.07. The Bertz CT molecular complexity index is 443. The van der Waals surface area contributed by atoms with E-state index in [0.29, 0.717) is 25.9 Å². The highest BCUT2D eigenvalue weighted by Crippen LogP contribution is 2.31. The van der Waals surface area contributed by atoms with Gasteiger partial charge in [-0.25, -0.2) is 8.42 Å². The highest BCUT2D eigenvalue weighted by atomic mass is 32.2. The van der Waals surface area contributed by atoms with E-state index in [9.17, 15) is 18.3 Å². The summed E-state index contributed by atoms with van der Waals surface area (Å²) in [6, 6.07) is 0. The zero-order chi connectivity index (χ0) is 14.1. The molecule has 0 aromatic rings. The van der Waals surface area contributed by atoms with Gasteiger partial charge in [-0.05, 0) is 26.3 Å². The van der Waals surface area contributed by atoms with Crippen LogP contribution in [0.15, 0.2) is 0 Å². The van der Waals surface area contributed by atoms with E-state index in [1.54, 1.807) is 0 Å².